The van der Waals surface area contributed by atoms with Crippen molar-refractivity contribution in [2.45, 2.75) is 26.3 Å². The molecule has 0 saturated carbocycles. The molecule has 1 N–H and O–H groups in total. The van der Waals surface area contributed by atoms with Crippen LogP contribution < -0.4 is 9.47 Å². The van der Waals surface area contributed by atoms with Crippen LogP contribution in [0.5, 0.6) is 11.5 Å². The first-order valence-corrected chi connectivity index (χ1v) is 11.5. The van der Waals surface area contributed by atoms with Crippen LogP contribution in [0.2, 0.25) is 0 Å². The number of carbonyl (C=O) groups is 2. The topological polar surface area (TPSA) is 79.3 Å². The summed E-state index contributed by atoms with van der Waals surface area (Å²) in [6.07, 6.45) is 0.909. The van der Waals surface area contributed by atoms with Crippen molar-refractivity contribution in [2.75, 3.05) is 40.9 Å². The van der Waals surface area contributed by atoms with Crippen LogP contribution in [0.4, 0.5) is 0 Å². The number of likely N-dealkylation sites (N-methyl/N-ethyl adjacent to an activating group) is 1. The monoisotopic (exact) mass is 466 g/mol. The second-order valence-corrected chi connectivity index (χ2v) is 9.10. The van der Waals surface area contributed by atoms with E-state index in [2.05, 4.69) is 13.8 Å². The van der Waals surface area contributed by atoms with E-state index < -0.39 is 17.7 Å². The average Bonchev–Trinajstić information content (AvgIpc) is 3.07. The van der Waals surface area contributed by atoms with E-state index in [1.165, 1.54) is 4.90 Å². The van der Waals surface area contributed by atoms with E-state index in [1.807, 2.05) is 31.1 Å². The number of likely N-dealkylation sites (tertiary alicyclic amines) is 1. The molecule has 34 heavy (non-hydrogen) atoms. The quantitative estimate of drug-likeness (QED) is 0.323. The number of nitrogens with zero attached hydrogens (tertiary/aromatic N) is 2. The summed E-state index contributed by atoms with van der Waals surface area (Å²) in [7, 11) is 5.37. The molecule has 0 aromatic heterocycles. The average molecular weight is 467 g/mol. The van der Waals surface area contributed by atoms with Crippen LogP contribution in [0, 0.1) is 5.92 Å². The van der Waals surface area contributed by atoms with Crippen molar-refractivity contribution in [1.82, 2.24) is 9.80 Å². The summed E-state index contributed by atoms with van der Waals surface area (Å²) in [4.78, 5) is 29.6. The largest absolute Gasteiger partial charge is 0.507 e. The first-order chi connectivity index (χ1) is 16.2. The van der Waals surface area contributed by atoms with E-state index in [-0.39, 0.29) is 11.3 Å². The highest BCUT2D eigenvalue weighted by atomic mass is 16.5. The molecule has 1 aliphatic heterocycles. The Kier molecular flexibility index (Phi) is 8.34. The third-order valence-electron chi connectivity index (χ3n) is 5.83. The van der Waals surface area contributed by atoms with Gasteiger partial charge < -0.3 is 24.4 Å². The van der Waals surface area contributed by atoms with Gasteiger partial charge in [-0.25, -0.2) is 0 Å². The minimum Gasteiger partial charge on any atom is -0.507 e. The minimum absolute atomic E-state index is 0.0745. The fourth-order valence-corrected chi connectivity index (χ4v) is 3.89. The summed E-state index contributed by atoms with van der Waals surface area (Å²) in [6, 6.07) is 13.5. The fourth-order valence-electron chi connectivity index (χ4n) is 3.89. The molecule has 7 heteroatoms. The van der Waals surface area contributed by atoms with Crippen molar-refractivity contribution in [2.24, 2.45) is 5.92 Å². The van der Waals surface area contributed by atoms with Crippen molar-refractivity contribution in [1.29, 1.82) is 0 Å². The molecule has 0 bridgehead atoms. The van der Waals surface area contributed by atoms with Crippen molar-refractivity contribution in [3.8, 4) is 11.5 Å². The van der Waals surface area contributed by atoms with Gasteiger partial charge in [-0.2, -0.15) is 0 Å². The molecule has 3 rings (SSSR count). The molecule has 1 aliphatic rings. The standard InChI is InChI=1S/C27H34N2O5/c1-18(2)13-16-34-21-12-11-20(17-22(21)33-5)24-23(25(30)19-9-7-6-8-10-19)26(31)27(32)29(24)15-14-28(3)4/h6-12,17-18,24,30H,13-16H2,1-5H3. The lowest BCUT2D eigenvalue weighted by Crippen LogP contribution is -2.35. The Hall–Kier alpha value is -3.32. The smallest absolute Gasteiger partial charge is 0.295 e. The lowest BCUT2D eigenvalue weighted by Gasteiger charge is -2.27. The Morgan fingerprint density at radius 3 is 2.41 bits per heavy atom. The number of amides is 1. The Morgan fingerprint density at radius 2 is 1.79 bits per heavy atom. The van der Waals surface area contributed by atoms with Gasteiger partial charge in [-0.3, -0.25) is 9.59 Å². The zero-order valence-corrected chi connectivity index (χ0v) is 20.6. The van der Waals surface area contributed by atoms with Gasteiger partial charge in [0.1, 0.15) is 5.76 Å². The third kappa shape index (κ3) is 5.59. The van der Waals surface area contributed by atoms with Gasteiger partial charge in [0.05, 0.1) is 25.3 Å². The lowest BCUT2D eigenvalue weighted by molar-refractivity contribution is -0.140. The van der Waals surface area contributed by atoms with Crippen LogP contribution in [0.1, 0.15) is 37.4 Å². The molecule has 1 unspecified atom stereocenters. The molecular formula is C27H34N2O5. The number of aliphatic hydroxyl groups is 1. The van der Waals surface area contributed by atoms with Crippen LogP contribution in [0.3, 0.4) is 0 Å². The Labute approximate surface area is 201 Å². The van der Waals surface area contributed by atoms with Crippen molar-refractivity contribution < 1.29 is 24.2 Å². The molecule has 1 amide bonds. The van der Waals surface area contributed by atoms with Crippen LogP contribution in [0.15, 0.2) is 54.1 Å². The highest BCUT2D eigenvalue weighted by Gasteiger charge is 2.46. The SMILES string of the molecule is COc1cc(C2C(=C(O)c3ccccc3)C(=O)C(=O)N2CCN(C)C)ccc1OCCC(C)C. The Balaban J connectivity index is 2.07. The maximum atomic E-state index is 13.1. The van der Waals surface area contributed by atoms with Gasteiger partial charge in [-0.15, -0.1) is 0 Å². The van der Waals surface area contributed by atoms with Gasteiger partial charge in [-0.1, -0.05) is 50.2 Å². The number of ether oxygens (including phenoxy) is 2. The van der Waals surface area contributed by atoms with E-state index in [0.29, 0.717) is 48.2 Å². The van der Waals surface area contributed by atoms with Crippen LogP contribution in [-0.2, 0) is 9.59 Å². The highest BCUT2D eigenvalue weighted by molar-refractivity contribution is 6.46. The molecule has 182 valence electrons. The summed E-state index contributed by atoms with van der Waals surface area (Å²) in [6.45, 7) is 5.73. The highest BCUT2D eigenvalue weighted by Crippen LogP contribution is 2.41. The van der Waals surface area contributed by atoms with Crippen molar-refractivity contribution in [3.63, 3.8) is 0 Å². The predicted octanol–water partition coefficient (Wildman–Crippen LogP) is 4.10. The molecule has 1 saturated heterocycles. The lowest BCUT2D eigenvalue weighted by atomic mass is 9.95. The second kappa shape index (κ2) is 11.2. The summed E-state index contributed by atoms with van der Waals surface area (Å²) < 4.78 is 11.5. The zero-order valence-electron chi connectivity index (χ0n) is 20.6. The summed E-state index contributed by atoms with van der Waals surface area (Å²) in [5, 5.41) is 11.1. The fraction of sp³-hybridized carbons (Fsp3) is 0.407. The van der Waals surface area contributed by atoms with Gasteiger partial charge in [0, 0.05) is 18.7 Å². The molecule has 0 radical (unpaired) electrons. The Bertz CT molecular complexity index is 1050. The van der Waals surface area contributed by atoms with Crippen molar-refractivity contribution in [3.05, 3.63) is 65.2 Å². The van der Waals surface area contributed by atoms with Gasteiger partial charge >= 0.3 is 0 Å². The molecular weight excluding hydrogens is 432 g/mol. The zero-order chi connectivity index (χ0) is 24.8. The van der Waals surface area contributed by atoms with Gasteiger partial charge in [0.15, 0.2) is 11.5 Å². The number of Topliss-reactive ketones (excluding diaryl/α,β-unsaturated/α-hetero) is 1. The van der Waals surface area contributed by atoms with Crippen LogP contribution in [-0.4, -0.2) is 67.5 Å². The van der Waals surface area contributed by atoms with Gasteiger partial charge in [-0.05, 0) is 44.1 Å². The first kappa shape index (κ1) is 25.3. The van der Waals surface area contributed by atoms with E-state index >= 15 is 0 Å². The molecule has 1 atom stereocenters. The van der Waals surface area contributed by atoms with Crippen LogP contribution >= 0.6 is 0 Å². The summed E-state index contributed by atoms with van der Waals surface area (Å²) in [5.41, 5.74) is 1.23. The second-order valence-electron chi connectivity index (χ2n) is 9.10. The number of benzene rings is 2. The minimum atomic E-state index is -0.737. The van der Waals surface area contributed by atoms with E-state index in [1.54, 1.807) is 43.5 Å². The Morgan fingerprint density at radius 1 is 1.09 bits per heavy atom. The van der Waals surface area contributed by atoms with Crippen molar-refractivity contribution >= 4 is 17.4 Å². The first-order valence-electron chi connectivity index (χ1n) is 11.5. The van der Waals surface area contributed by atoms with Crippen LogP contribution in [0.25, 0.3) is 5.76 Å². The van der Waals surface area contributed by atoms with E-state index in [0.717, 1.165) is 6.42 Å². The maximum absolute atomic E-state index is 13.1. The molecule has 2 aromatic rings. The molecule has 1 heterocycles. The number of hydrogen-bond acceptors (Lipinski definition) is 6. The number of aliphatic hydroxyl groups excluding tert-OH is 1. The summed E-state index contributed by atoms with van der Waals surface area (Å²) in [5.74, 6) is 0.119. The number of ketones is 1. The normalized spacial score (nSPS) is 17.6. The van der Waals surface area contributed by atoms with Gasteiger partial charge in [0.25, 0.3) is 11.7 Å². The molecule has 2 aromatic carbocycles. The molecule has 1 fully saturated rings. The third-order valence-corrected chi connectivity index (χ3v) is 5.83. The maximum Gasteiger partial charge on any atom is 0.295 e. The van der Waals surface area contributed by atoms with E-state index in [9.17, 15) is 14.7 Å². The predicted molar refractivity (Wildman–Crippen MR) is 132 cm³/mol. The number of hydrogen-bond donors (Lipinski definition) is 1. The number of carbonyl (C=O) groups excluding carboxylic acids is 2. The van der Waals surface area contributed by atoms with E-state index in [4.69, 9.17) is 9.47 Å². The molecule has 0 spiro atoms. The van der Waals surface area contributed by atoms with Gasteiger partial charge in [0.2, 0.25) is 0 Å². The number of methoxy groups -OCH3 is 1. The summed E-state index contributed by atoms with van der Waals surface area (Å²) >= 11 is 0. The molecule has 0 aliphatic carbocycles. The molecule has 7 nitrogen and oxygen atoms in total. The number of rotatable bonds is 10.